The van der Waals surface area contributed by atoms with Crippen molar-refractivity contribution in [3.63, 3.8) is 0 Å². The van der Waals surface area contributed by atoms with Crippen molar-refractivity contribution in [3.8, 4) is 28.7 Å². The first-order valence-corrected chi connectivity index (χ1v) is 10.1. The number of halogens is 3. The number of carbonyl (C=O) groups excluding carboxylic acids is 1. The summed E-state index contributed by atoms with van der Waals surface area (Å²) in [5.74, 6) is -2.69. The van der Waals surface area contributed by atoms with Crippen LogP contribution in [0, 0.1) is 0 Å². The lowest BCUT2D eigenvalue weighted by Crippen LogP contribution is -2.15. The molecule has 0 aliphatic carbocycles. The van der Waals surface area contributed by atoms with Gasteiger partial charge in [0.2, 0.25) is 11.2 Å². The molecule has 1 aromatic heterocycles. The fourth-order valence-electron chi connectivity index (χ4n) is 3.18. The van der Waals surface area contributed by atoms with E-state index < -0.39 is 34.7 Å². The Hall–Kier alpha value is -4.47. The lowest BCUT2D eigenvalue weighted by atomic mass is 10.2. The van der Waals surface area contributed by atoms with Gasteiger partial charge >= 0.3 is 12.1 Å². The molecule has 0 saturated heterocycles. The molecule has 7 nitrogen and oxygen atoms in total. The van der Waals surface area contributed by atoms with Gasteiger partial charge in [0.05, 0.1) is 25.2 Å². The van der Waals surface area contributed by atoms with Crippen molar-refractivity contribution in [2.45, 2.75) is 6.18 Å². The van der Waals surface area contributed by atoms with Crippen LogP contribution in [-0.4, -0.2) is 20.2 Å². The lowest BCUT2D eigenvalue weighted by molar-refractivity contribution is -0.154. The van der Waals surface area contributed by atoms with Gasteiger partial charge in [0.25, 0.3) is 5.76 Å². The Balaban J connectivity index is 1.72. The number of alkyl halides is 3. The minimum atomic E-state index is -5.04. The normalized spacial score (nSPS) is 11.2. The first-order valence-electron chi connectivity index (χ1n) is 10.1. The molecule has 10 heteroatoms. The van der Waals surface area contributed by atoms with E-state index in [0.29, 0.717) is 11.5 Å². The molecule has 0 aliphatic heterocycles. The number of benzene rings is 3. The van der Waals surface area contributed by atoms with Gasteiger partial charge in [-0.05, 0) is 54.6 Å². The highest BCUT2D eigenvalue weighted by molar-refractivity contribution is 5.92. The molecule has 0 spiro atoms. The van der Waals surface area contributed by atoms with Gasteiger partial charge in [-0.25, -0.2) is 4.79 Å². The summed E-state index contributed by atoms with van der Waals surface area (Å²) in [4.78, 5) is 25.4. The van der Waals surface area contributed by atoms with E-state index >= 15 is 0 Å². The Morgan fingerprint density at radius 3 is 2.14 bits per heavy atom. The van der Waals surface area contributed by atoms with Crippen molar-refractivity contribution in [2.75, 3.05) is 14.2 Å². The molecule has 0 bridgehead atoms. The zero-order chi connectivity index (χ0) is 25.2. The molecule has 0 radical (unpaired) electrons. The van der Waals surface area contributed by atoms with E-state index in [4.69, 9.17) is 23.4 Å². The van der Waals surface area contributed by atoms with Crippen LogP contribution in [0.5, 0.6) is 28.7 Å². The van der Waals surface area contributed by atoms with Crippen LogP contribution in [0.1, 0.15) is 16.1 Å². The third-order valence-electron chi connectivity index (χ3n) is 4.87. The van der Waals surface area contributed by atoms with Crippen LogP contribution in [0.2, 0.25) is 0 Å². The summed E-state index contributed by atoms with van der Waals surface area (Å²) in [5, 5.41) is -0.192. The quantitative estimate of drug-likeness (QED) is 0.250. The number of ether oxygens (including phenoxy) is 4. The van der Waals surface area contributed by atoms with Crippen LogP contribution in [-0.2, 0) is 6.18 Å². The average Bonchev–Trinajstić information content (AvgIpc) is 2.85. The molecule has 4 rings (SSSR count). The van der Waals surface area contributed by atoms with Crippen LogP contribution < -0.4 is 24.4 Å². The van der Waals surface area contributed by atoms with Crippen molar-refractivity contribution in [1.29, 1.82) is 0 Å². The SMILES string of the molecule is COc1ccc(Oc2c(C(F)(F)F)oc3cc(OC(=O)c4cccc(OC)c4)ccc3c2=O)cc1. The maximum absolute atomic E-state index is 13.8. The molecule has 0 N–H and O–H groups in total. The van der Waals surface area contributed by atoms with Crippen LogP contribution in [0.3, 0.4) is 0 Å². The van der Waals surface area contributed by atoms with Crippen LogP contribution >= 0.6 is 0 Å². The summed E-state index contributed by atoms with van der Waals surface area (Å²) in [5.41, 5.74) is -1.31. The van der Waals surface area contributed by atoms with Crippen LogP contribution in [0.25, 0.3) is 11.0 Å². The molecular formula is C25H17F3O7. The second kappa shape index (κ2) is 9.41. The van der Waals surface area contributed by atoms with E-state index in [0.717, 1.165) is 6.07 Å². The van der Waals surface area contributed by atoms with Gasteiger partial charge in [0.1, 0.15) is 28.6 Å². The maximum Gasteiger partial charge on any atom is 0.453 e. The monoisotopic (exact) mass is 486 g/mol. The van der Waals surface area contributed by atoms with E-state index in [1.165, 1.54) is 62.8 Å². The summed E-state index contributed by atoms with van der Waals surface area (Å²) < 4.78 is 66.9. The number of hydrogen-bond donors (Lipinski definition) is 0. The van der Waals surface area contributed by atoms with E-state index in [1.54, 1.807) is 12.1 Å². The van der Waals surface area contributed by atoms with E-state index in [-0.39, 0.29) is 22.4 Å². The number of methoxy groups -OCH3 is 2. The van der Waals surface area contributed by atoms with Crippen LogP contribution in [0.4, 0.5) is 13.2 Å². The molecule has 35 heavy (non-hydrogen) atoms. The summed E-state index contributed by atoms with van der Waals surface area (Å²) in [6, 6.07) is 15.3. The Labute approximate surface area is 196 Å². The number of carbonyl (C=O) groups is 1. The van der Waals surface area contributed by atoms with E-state index in [1.807, 2.05) is 0 Å². The van der Waals surface area contributed by atoms with E-state index in [2.05, 4.69) is 0 Å². The van der Waals surface area contributed by atoms with E-state index in [9.17, 15) is 22.8 Å². The lowest BCUT2D eigenvalue weighted by Gasteiger charge is -2.14. The minimum Gasteiger partial charge on any atom is -0.497 e. The molecule has 0 fully saturated rings. The molecule has 3 aromatic carbocycles. The van der Waals surface area contributed by atoms with Crippen molar-refractivity contribution in [2.24, 2.45) is 0 Å². The molecule has 0 amide bonds. The van der Waals surface area contributed by atoms with Crippen molar-refractivity contribution in [1.82, 2.24) is 0 Å². The molecular weight excluding hydrogens is 469 g/mol. The van der Waals surface area contributed by atoms with Gasteiger partial charge in [0, 0.05) is 6.07 Å². The highest BCUT2D eigenvalue weighted by Gasteiger charge is 2.40. The standard InChI is InChI=1S/C25H17F3O7/c1-31-15-6-8-16(9-7-15)33-22-21(29)19-11-10-18(13-20(19)35-23(22)25(26,27)28)34-24(30)14-4-3-5-17(12-14)32-2/h3-13H,1-2H3. The maximum atomic E-state index is 13.8. The molecule has 0 saturated carbocycles. The third kappa shape index (κ3) is 5.06. The van der Waals surface area contributed by atoms with Gasteiger partial charge in [0.15, 0.2) is 0 Å². The Morgan fingerprint density at radius 2 is 1.49 bits per heavy atom. The minimum absolute atomic E-state index is 0.0215. The second-order valence-electron chi connectivity index (χ2n) is 7.14. The van der Waals surface area contributed by atoms with Gasteiger partial charge in [-0.2, -0.15) is 13.2 Å². The summed E-state index contributed by atoms with van der Waals surface area (Å²) in [6.07, 6.45) is -5.04. The average molecular weight is 486 g/mol. The number of fused-ring (bicyclic) bond motifs is 1. The van der Waals surface area contributed by atoms with Gasteiger partial charge in [-0.1, -0.05) is 6.07 Å². The smallest absolute Gasteiger partial charge is 0.453 e. The Morgan fingerprint density at radius 1 is 0.829 bits per heavy atom. The zero-order valence-electron chi connectivity index (χ0n) is 18.3. The zero-order valence-corrected chi connectivity index (χ0v) is 18.3. The number of esters is 1. The predicted molar refractivity (Wildman–Crippen MR) is 119 cm³/mol. The van der Waals surface area contributed by atoms with Gasteiger partial charge in [-0.15, -0.1) is 0 Å². The number of hydrogen-bond acceptors (Lipinski definition) is 7. The Bertz CT molecular complexity index is 1440. The largest absolute Gasteiger partial charge is 0.497 e. The molecule has 1 heterocycles. The third-order valence-corrected chi connectivity index (χ3v) is 4.87. The fraction of sp³-hybridized carbons (Fsp3) is 0.120. The molecule has 180 valence electrons. The molecule has 0 atom stereocenters. The topological polar surface area (TPSA) is 84.2 Å². The van der Waals surface area contributed by atoms with Crippen molar-refractivity contribution < 1.29 is 41.3 Å². The van der Waals surface area contributed by atoms with Crippen molar-refractivity contribution >= 4 is 16.9 Å². The molecule has 4 aromatic rings. The van der Waals surface area contributed by atoms with Gasteiger partial charge in [-0.3, -0.25) is 4.79 Å². The predicted octanol–water partition coefficient (Wildman–Crippen LogP) is 5.84. The Kier molecular flexibility index (Phi) is 6.37. The van der Waals surface area contributed by atoms with Crippen molar-refractivity contribution in [3.05, 3.63) is 88.3 Å². The number of rotatable bonds is 6. The molecule has 0 unspecified atom stereocenters. The highest BCUT2D eigenvalue weighted by Crippen LogP contribution is 2.39. The second-order valence-corrected chi connectivity index (χ2v) is 7.14. The first kappa shape index (κ1) is 23.7. The summed E-state index contributed by atoms with van der Waals surface area (Å²) >= 11 is 0. The molecule has 0 aliphatic rings. The van der Waals surface area contributed by atoms with Gasteiger partial charge < -0.3 is 23.4 Å². The van der Waals surface area contributed by atoms with Crippen LogP contribution in [0.15, 0.2) is 75.9 Å². The first-order chi connectivity index (χ1) is 16.7. The fourth-order valence-corrected chi connectivity index (χ4v) is 3.18. The highest BCUT2D eigenvalue weighted by atomic mass is 19.4. The summed E-state index contributed by atoms with van der Waals surface area (Å²) in [6.45, 7) is 0. The summed E-state index contributed by atoms with van der Waals surface area (Å²) in [7, 11) is 2.86.